The van der Waals surface area contributed by atoms with E-state index >= 15 is 0 Å². The molecular formula is C20H13F3N4. The van der Waals surface area contributed by atoms with Crippen LogP contribution in [0.4, 0.5) is 19.0 Å². The third-order valence-corrected chi connectivity index (χ3v) is 4.11. The molecule has 134 valence electrons. The Labute approximate surface area is 152 Å². The summed E-state index contributed by atoms with van der Waals surface area (Å²) in [7, 11) is 1.65. The van der Waals surface area contributed by atoms with Crippen LogP contribution in [0.2, 0.25) is 0 Å². The van der Waals surface area contributed by atoms with Gasteiger partial charge < -0.3 is 5.32 Å². The lowest BCUT2D eigenvalue weighted by molar-refractivity contribution is 0.584. The summed E-state index contributed by atoms with van der Waals surface area (Å²) in [5, 5.41) is 3.33. The molecule has 7 heteroatoms. The van der Waals surface area contributed by atoms with E-state index in [1.165, 1.54) is 6.07 Å². The summed E-state index contributed by atoms with van der Waals surface area (Å²) in [4.78, 5) is 12.8. The summed E-state index contributed by atoms with van der Waals surface area (Å²) in [6, 6.07) is 9.38. The molecule has 0 amide bonds. The molecule has 0 atom stereocenters. The first kappa shape index (κ1) is 17.0. The molecule has 4 rings (SSSR count). The molecule has 1 N–H and O–H groups in total. The Morgan fingerprint density at radius 1 is 0.852 bits per heavy atom. The van der Waals surface area contributed by atoms with Gasteiger partial charge in [-0.05, 0) is 47.5 Å². The first-order valence-electron chi connectivity index (χ1n) is 8.11. The zero-order valence-corrected chi connectivity index (χ0v) is 14.2. The second-order valence-corrected chi connectivity index (χ2v) is 5.90. The van der Waals surface area contributed by atoms with Gasteiger partial charge in [-0.2, -0.15) is 0 Å². The van der Waals surface area contributed by atoms with Crippen LogP contribution in [0.5, 0.6) is 0 Å². The molecule has 0 bridgehead atoms. The van der Waals surface area contributed by atoms with E-state index in [9.17, 15) is 13.2 Å². The van der Waals surface area contributed by atoms with Crippen molar-refractivity contribution in [3.63, 3.8) is 0 Å². The van der Waals surface area contributed by atoms with Crippen LogP contribution in [0.25, 0.3) is 33.4 Å². The lowest BCUT2D eigenvalue weighted by Crippen LogP contribution is -2.01. The summed E-state index contributed by atoms with van der Waals surface area (Å²) in [5.41, 5.74) is 1.31. The predicted molar refractivity (Wildman–Crippen MR) is 97.6 cm³/mol. The first-order valence-corrected chi connectivity index (χ1v) is 8.11. The van der Waals surface area contributed by atoms with Gasteiger partial charge in [-0.1, -0.05) is 0 Å². The molecule has 0 aliphatic heterocycles. The minimum absolute atomic E-state index is 0.105. The monoisotopic (exact) mass is 366 g/mol. The van der Waals surface area contributed by atoms with E-state index in [1.807, 2.05) is 0 Å². The Hall–Kier alpha value is -3.48. The van der Waals surface area contributed by atoms with Gasteiger partial charge in [0.05, 0.1) is 0 Å². The van der Waals surface area contributed by atoms with Crippen LogP contribution in [0, 0.1) is 17.5 Å². The van der Waals surface area contributed by atoms with Crippen LogP contribution in [0.3, 0.4) is 0 Å². The van der Waals surface area contributed by atoms with E-state index in [-0.39, 0.29) is 11.1 Å². The Kier molecular flexibility index (Phi) is 4.19. The molecule has 4 nitrogen and oxygen atoms in total. The summed E-state index contributed by atoms with van der Waals surface area (Å²) in [6.07, 6.45) is 3.21. The van der Waals surface area contributed by atoms with Crippen molar-refractivity contribution in [2.45, 2.75) is 0 Å². The number of rotatable bonds is 3. The second kappa shape index (κ2) is 6.68. The Balaban J connectivity index is 1.95. The van der Waals surface area contributed by atoms with E-state index in [0.29, 0.717) is 28.2 Å². The topological polar surface area (TPSA) is 50.7 Å². The third kappa shape index (κ3) is 3.19. The Morgan fingerprint density at radius 2 is 1.59 bits per heavy atom. The van der Waals surface area contributed by atoms with Crippen LogP contribution in [0.1, 0.15) is 0 Å². The number of fused-ring (bicyclic) bond motifs is 1. The number of nitrogens with zero attached hydrogens (tertiary/aromatic N) is 3. The van der Waals surface area contributed by atoms with E-state index in [0.717, 1.165) is 18.2 Å². The number of anilines is 1. The van der Waals surface area contributed by atoms with Crippen molar-refractivity contribution in [3.05, 3.63) is 72.3 Å². The summed E-state index contributed by atoms with van der Waals surface area (Å²) in [6.45, 7) is 0. The molecule has 0 spiro atoms. The maximum Gasteiger partial charge on any atom is 0.163 e. The second-order valence-electron chi connectivity index (χ2n) is 5.90. The maximum atomic E-state index is 14.8. The molecule has 0 saturated heterocycles. The molecular weight excluding hydrogens is 353 g/mol. The number of nitrogens with one attached hydrogen (secondary N) is 1. The summed E-state index contributed by atoms with van der Waals surface area (Å²) < 4.78 is 41.9. The van der Waals surface area contributed by atoms with Crippen molar-refractivity contribution < 1.29 is 13.2 Å². The number of halogens is 3. The number of pyridine rings is 1. The fourth-order valence-electron chi connectivity index (χ4n) is 2.89. The van der Waals surface area contributed by atoms with Gasteiger partial charge >= 0.3 is 0 Å². The minimum atomic E-state index is -0.734. The van der Waals surface area contributed by atoms with E-state index in [2.05, 4.69) is 20.3 Å². The number of hydrogen-bond donors (Lipinski definition) is 1. The average molecular weight is 366 g/mol. The van der Waals surface area contributed by atoms with Crippen molar-refractivity contribution in [1.82, 2.24) is 15.0 Å². The average Bonchev–Trinajstić information content (AvgIpc) is 2.67. The summed E-state index contributed by atoms with van der Waals surface area (Å²) >= 11 is 0. The van der Waals surface area contributed by atoms with E-state index in [1.54, 1.807) is 37.6 Å². The molecule has 0 aliphatic carbocycles. The highest BCUT2D eigenvalue weighted by Crippen LogP contribution is 2.32. The smallest absolute Gasteiger partial charge is 0.163 e. The zero-order valence-electron chi connectivity index (χ0n) is 14.2. The number of benzene rings is 2. The minimum Gasteiger partial charge on any atom is -0.373 e. The molecule has 0 unspecified atom stereocenters. The molecule has 27 heavy (non-hydrogen) atoms. The van der Waals surface area contributed by atoms with Gasteiger partial charge in [0, 0.05) is 36.5 Å². The lowest BCUT2D eigenvalue weighted by atomic mass is 10.0. The zero-order chi connectivity index (χ0) is 19.0. The van der Waals surface area contributed by atoms with Crippen molar-refractivity contribution in [2.24, 2.45) is 0 Å². The fraction of sp³-hybridized carbons (Fsp3) is 0.0500. The van der Waals surface area contributed by atoms with Gasteiger partial charge in [-0.25, -0.2) is 23.1 Å². The molecule has 0 saturated carbocycles. The van der Waals surface area contributed by atoms with Gasteiger partial charge in [0.25, 0.3) is 0 Å². The third-order valence-electron chi connectivity index (χ3n) is 4.11. The number of aromatic nitrogens is 3. The quantitative estimate of drug-likeness (QED) is 0.565. The van der Waals surface area contributed by atoms with Gasteiger partial charge in [0.15, 0.2) is 5.82 Å². The van der Waals surface area contributed by atoms with Crippen LogP contribution in [-0.4, -0.2) is 22.0 Å². The highest BCUT2D eigenvalue weighted by molar-refractivity contribution is 5.94. The van der Waals surface area contributed by atoms with Crippen molar-refractivity contribution >= 4 is 16.7 Å². The predicted octanol–water partition coefficient (Wildman–Crippen LogP) is 4.82. The normalized spacial score (nSPS) is 11.0. The molecule has 0 radical (unpaired) electrons. The first-order chi connectivity index (χ1) is 13.0. The Morgan fingerprint density at radius 3 is 2.26 bits per heavy atom. The summed E-state index contributed by atoms with van der Waals surface area (Å²) in [5.74, 6) is -1.36. The molecule has 0 aliphatic rings. The molecule has 0 fully saturated rings. The van der Waals surface area contributed by atoms with Crippen molar-refractivity contribution in [3.8, 4) is 22.5 Å². The number of hydrogen-bond acceptors (Lipinski definition) is 4. The van der Waals surface area contributed by atoms with Crippen LogP contribution in [0.15, 0.2) is 54.9 Å². The highest BCUT2D eigenvalue weighted by Gasteiger charge is 2.15. The van der Waals surface area contributed by atoms with E-state index in [4.69, 9.17) is 0 Å². The SMILES string of the molecule is CNc1nc(-c2cccnc2)nc2c(F)cc(-c3cc(F)cc(F)c3)cc12. The van der Waals surface area contributed by atoms with Crippen molar-refractivity contribution in [1.29, 1.82) is 0 Å². The lowest BCUT2D eigenvalue weighted by Gasteiger charge is -2.11. The fourth-order valence-corrected chi connectivity index (χ4v) is 2.89. The van der Waals surface area contributed by atoms with E-state index < -0.39 is 17.5 Å². The van der Waals surface area contributed by atoms with Gasteiger partial charge in [0.2, 0.25) is 0 Å². The highest BCUT2D eigenvalue weighted by atomic mass is 19.1. The maximum absolute atomic E-state index is 14.8. The van der Waals surface area contributed by atoms with Crippen LogP contribution in [-0.2, 0) is 0 Å². The van der Waals surface area contributed by atoms with Crippen molar-refractivity contribution in [2.75, 3.05) is 12.4 Å². The van der Waals surface area contributed by atoms with Crippen LogP contribution >= 0.6 is 0 Å². The standard InChI is InChI=1S/C20H13F3N4/c1-24-20-16-7-13(12-5-14(21)9-15(22)6-12)8-17(23)18(16)26-19(27-20)11-3-2-4-25-10-11/h2-10H,1H3,(H,24,26,27). The van der Waals surface area contributed by atoms with Gasteiger partial charge in [0.1, 0.15) is 28.8 Å². The Bertz CT molecular complexity index is 1130. The van der Waals surface area contributed by atoms with Crippen LogP contribution < -0.4 is 5.32 Å². The van der Waals surface area contributed by atoms with Gasteiger partial charge in [-0.3, -0.25) is 4.98 Å². The largest absolute Gasteiger partial charge is 0.373 e. The molecule has 4 aromatic rings. The molecule has 2 heterocycles. The molecule has 2 aromatic carbocycles. The van der Waals surface area contributed by atoms with Gasteiger partial charge in [-0.15, -0.1) is 0 Å². The molecule has 2 aromatic heterocycles.